The fourth-order valence-corrected chi connectivity index (χ4v) is 0.883. The molecular weight excluding hydrogens is 186 g/mol. The van der Waals surface area contributed by atoms with Gasteiger partial charge < -0.3 is 10.0 Å². The molecule has 0 atom stereocenters. The van der Waals surface area contributed by atoms with Crippen molar-refractivity contribution in [2.75, 3.05) is 14.1 Å². The van der Waals surface area contributed by atoms with E-state index in [4.69, 9.17) is 5.11 Å². The standard InChI is InChI=1S/C8H11N3O3/c1-11(2)7(12)4-5-3-6(8(13)14)10-9-5/h3H,4H2,1-2H3,(H,9,10)(H,13,14). The van der Waals surface area contributed by atoms with Gasteiger partial charge in [-0.15, -0.1) is 0 Å². The van der Waals surface area contributed by atoms with Crippen LogP contribution in [0.15, 0.2) is 6.07 Å². The van der Waals surface area contributed by atoms with Gasteiger partial charge in [0.15, 0.2) is 5.69 Å². The Morgan fingerprint density at radius 1 is 1.57 bits per heavy atom. The number of aromatic carboxylic acids is 1. The number of carbonyl (C=O) groups excluding carboxylic acids is 1. The normalized spacial score (nSPS) is 9.86. The third-order valence-electron chi connectivity index (χ3n) is 1.69. The van der Waals surface area contributed by atoms with Gasteiger partial charge >= 0.3 is 5.97 Å². The lowest BCUT2D eigenvalue weighted by molar-refractivity contribution is -0.128. The van der Waals surface area contributed by atoms with Crippen molar-refractivity contribution >= 4 is 11.9 Å². The van der Waals surface area contributed by atoms with E-state index in [-0.39, 0.29) is 18.0 Å². The predicted octanol–water partition coefficient (Wildman–Crippen LogP) is -0.261. The molecule has 0 fully saturated rings. The van der Waals surface area contributed by atoms with Crippen molar-refractivity contribution in [3.05, 3.63) is 17.5 Å². The Hall–Kier alpha value is -1.85. The highest BCUT2D eigenvalue weighted by molar-refractivity contribution is 5.86. The molecule has 1 amide bonds. The Bertz CT molecular complexity index is 356. The second kappa shape index (κ2) is 3.91. The van der Waals surface area contributed by atoms with Gasteiger partial charge in [-0.2, -0.15) is 5.10 Å². The Kier molecular flexibility index (Phi) is 2.85. The second-order valence-electron chi connectivity index (χ2n) is 3.05. The van der Waals surface area contributed by atoms with E-state index in [9.17, 15) is 9.59 Å². The number of carboxylic acid groups (broad SMARTS) is 1. The summed E-state index contributed by atoms with van der Waals surface area (Å²) in [6.45, 7) is 0. The molecule has 0 aromatic carbocycles. The van der Waals surface area contributed by atoms with Crippen molar-refractivity contribution < 1.29 is 14.7 Å². The number of aromatic amines is 1. The van der Waals surface area contributed by atoms with Crippen LogP contribution < -0.4 is 0 Å². The number of nitrogens with one attached hydrogen (secondary N) is 1. The van der Waals surface area contributed by atoms with Crippen LogP contribution in [0.25, 0.3) is 0 Å². The van der Waals surface area contributed by atoms with Crippen LogP contribution in [-0.2, 0) is 11.2 Å². The number of aromatic nitrogens is 2. The van der Waals surface area contributed by atoms with Crippen LogP contribution in [0.2, 0.25) is 0 Å². The molecule has 0 aliphatic rings. The molecule has 76 valence electrons. The first-order valence-corrected chi connectivity index (χ1v) is 3.98. The first-order chi connectivity index (χ1) is 6.50. The van der Waals surface area contributed by atoms with Crippen LogP contribution in [0.4, 0.5) is 0 Å². The number of amides is 1. The van der Waals surface area contributed by atoms with E-state index in [0.717, 1.165) is 0 Å². The zero-order chi connectivity index (χ0) is 10.7. The summed E-state index contributed by atoms with van der Waals surface area (Å²) in [5.41, 5.74) is 0.424. The highest BCUT2D eigenvalue weighted by atomic mass is 16.4. The first kappa shape index (κ1) is 10.2. The van der Waals surface area contributed by atoms with Crippen LogP contribution >= 0.6 is 0 Å². The third-order valence-corrected chi connectivity index (χ3v) is 1.69. The number of hydrogen-bond acceptors (Lipinski definition) is 3. The van der Waals surface area contributed by atoms with Crippen molar-refractivity contribution in [3.8, 4) is 0 Å². The Morgan fingerprint density at radius 2 is 2.21 bits per heavy atom. The van der Waals surface area contributed by atoms with E-state index >= 15 is 0 Å². The van der Waals surface area contributed by atoms with Crippen LogP contribution in [0.1, 0.15) is 16.2 Å². The fourth-order valence-electron chi connectivity index (χ4n) is 0.883. The number of likely N-dealkylation sites (N-methyl/N-ethyl adjacent to an activating group) is 1. The molecule has 1 aromatic heterocycles. The number of rotatable bonds is 3. The van der Waals surface area contributed by atoms with Crippen molar-refractivity contribution in [1.82, 2.24) is 15.1 Å². The largest absolute Gasteiger partial charge is 0.476 e. The fraction of sp³-hybridized carbons (Fsp3) is 0.375. The Labute approximate surface area is 80.5 Å². The zero-order valence-electron chi connectivity index (χ0n) is 7.94. The lowest BCUT2D eigenvalue weighted by atomic mass is 10.2. The molecule has 0 bridgehead atoms. The predicted molar refractivity (Wildman–Crippen MR) is 47.9 cm³/mol. The quantitative estimate of drug-likeness (QED) is 0.698. The average molecular weight is 197 g/mol. The van der Waals surface area contributed by atoms with E-state index in [1.807, 2.05) is 0 Å². The molecule has 2 N–H and O–H groups in total. The summed E-state index contributed by atoms with van der Waals surface area (Å²) in [6.07, 6.45) is 0.132. The van der Waals surface area contributed by atoms with E-state index in [0.29, 0.717) is 5.69 Å². The van der Waals surface area contributed by atoms with Gasteiger partial charge in [0.2, 0.25) is 5.91 Å². The lowest BCUT2D eigenvalue weighted by Gasteiger charge is -2.07. The summed E-state index contributed by atoms with van der Waals surface area (Å²) in [4.78, 5) is 23.1. The molecule has 1 heterocycles. The van der Waals surface area contributed by atoms with Gasteiger partial charge in [0, 0.05) is 19.8 Å². The Balaban J connectivity index is 2.69. The highest BCUT2D eigenvalue weighted by Crippen LogP contribution is 2.01. The summed E-state index contributed by atoms with van der Waals surface area (Å²) in [5.74, 6) is -1.21. The summed E-state index contributed by atoms with van der Waals surface area (Å²) < 4.78 is 0. The SMILES string of the molecule is CN(C)C(=O)Cc1cc(C(=O)O)n[nH]1. The molecule has 6 heteroatoms. The van der Waals surface area contributed by atoms with Crippen LogP contribution in [-0.4, -0.2) is 46.2 Å². The van der Waals surface area contributed by atoms with E-state index < -0.39 is 5.97 Å². The van der Waals surface area contributed by atoms with Gasteiger partial charge in [-0.05, 0) is 6.07 Å². The van der Waals surface area contributed by atoms with Gasteiger partial charge in [0.1, 0.15) is 0 Å². The number of nitrogens with zero attached hydrogens (tertiary/aromatic N) is 2. The minimum absolute atomic E-state index is 0.0773. The van der Waals surface area contributed by atoms with Crippen molar-refractivity contribution in [2.24, 2.45) is 0 Å². The molecule has 1 rings (SSSR count). The topological polar surface area (TPSA) is 86.3 Å². The Morgan fingerprint density at radius 3 is 2.64 bits per heavy atom. The summed E-state index contributed by atoms with van der Waals surface area (Å²) >= 11 is 0. The zero-order valence-corrected chi connectivity index (χ0v) is 7.94. The summed E-state index contributed by atoms with van der Waals surface area (Å²) in [5, 5.41) is 14.6. The molecule has 0 aliphatic heterocycles. The second-order valence-corrected chi connectivity index (χ2v) is 3.05. The number of carboxylic acids is 1. The minimum Gasteiger partial charge on any atom is -0.476 e. The molecule has 0 aliphatic carbocycles. The molecule has 0 saturated heterocycles. The molecular formula is C8H11N3O3. The third kappa shape index (κ3) is 2.32. The molecule has 14 heavy (non-hydrogen) atoms. The average Bonchev–Trinajstić information content (AvgIpc) is 2.52. The lowest BCUT2D eigenvalue weighted by Crippen LogP contribution is -2.23. The van der Waals surface area contributed by atoms with Crippen molar-refractivity contribution in [3.63, 3.8) is 0 Å². The van der Waals surface area contributed by atoms with Crippen LogP contribution in [0.3, 0.4) is 0 Å². The first-order valence-electron chi connectivity index (χ1n) is 3.98. The molecule has 0 radical (unpaired) electrons. The minimum atomic E-state index is -1.11. The van der Waals surface area contributed by atoms with Gasteiger partial charge in [-0.1, -0.05) is 0 Å². The van der Waals surface area contributed by atoms with Gasteiger partial charge in [-0.25, -0.2) is 4.79 Å². The maximum Gasteiger partial charge on any atom is 0.356 e. The van der Waals surface area contributed by atoms with Gasteiger partial charge in [0.25, 0.3) is 0 Å². The molecule has 0 unspecified atom stereocenters. The van der Waals surface area contributed by atoms with E-state index in [1.54, 1.807) is 14.1 Å². The van der Waals surface area contributed by atoms with Gasteiger partial charge in [-0.3, -0.25) is 9.89 Å². The molecule has 6 nitrogen and oxygen atoms in total. The maximum absolute atomic E-state index is 11.2. The highest BCUT2D eigenvalue weighted by Gasteiger charge is 2.11. The maximum atomic E-state index is 11.2. The summed E-state index contributed by atoms with van der Waals surface area (Å²) in [6, 6.07) is 1.35. The van der Waals surface area contributed by atoms with Gasteiger partial charge in [0.05, 0.1) is 6.42 Å². The van der Waals surface area contributed by atoms with E-state index in [2.05, 4.69) is 10.2 Å². The van der Waals surface area contributed by atoms with Crippen LogP contribution in [0.5, 0.6) is 0 Å². The molecule has 1 aromatic rings. The van der Waals surface area contributed by atoms with Crippen molar-refractivity contribution in [2.45, 2.75) is 6.42 Å². The smallest absolute Gasteiger partial charge is 0.356 e. The summed E-state index contributed by atoms with van der Waals surface area (Å²) in [7, 11) is 3.27. The molecule has 0 saturated carbocycles. The van der Waals surface area contributed by atoms with E-state index in [1.165, 1.54) is 11.0 Å². The number of H-pyrrole nitrogens is 1. The van der Waals surface area contributed by atoms with Crippen LogP contribution in [0, 0.1) is 0 Å². The monoisotopic (exact) mass is 197 g/mol. The molecule has 0 spiro atoms. The number of carbonyl (C=O) groups is 2. The number of hydrogen-bond donors (Lipinski definition) is 2. The van der Waals surface area contributed by atoms with Crippen molar-refractivity contribution in [1.29, 1.82) is 0 Å².